The number of fused-ring (bicyclic) bond motifs is 3. The highest BCUT2D eigenvalue weighted by molar-refractivity contribution is 7.88. The molecule has 9 heteroatoms. The van der Waals surface area contributed by atoms with Gasteiger partial charge in [-0.2, -0.15) is 0 Å². The standard InChI is InChI=1S/C27H27Cl2N3O3S/c1-2-32-25-8-4-3-7-22(25)23-15-21(11-12-26(23)32)30-27(33)18-6-5-13-31(16-18)36(34,35)17-19-9-10-20(28)14-24(19)29/h3-4,7-12,14-15,18H,2,5-6,13,16-17H2,1H3,(H,30,33)/t18-/m1/s1. The van der Waals surface area contributed by atoms with Gasteiger partial charge in [-0.25, -0.2) is 12.7 Å². The molecule has 4 aromatic rings. The van der Waals surface area contributed by atoms with Crippen LogP contribution in [-0.4, -0.2) is 36.3 Å². The van der Waals surface area contributed by atoms with Crippen molar-refractivity contribution in [2.24, 2.45) is 5.92 Å². The van der Waals surface area contributed by atoms with E-state index in [9.17, 15) is 13.2 Å². The smallest absolute Gasteiger partial charge is 0.228 e. The Morgan fingerprint density at radius 2 is 1.81 bits per heavy atom. The number of nitrogens with zero attached hydrogens (tertiary/aromatic N) is 2. The van der Waals surface area contributed by atoms with Crippen molar-refractivity contribution in [2.45, 2.75) is 32.1 Å². The molecule has 1 aromatic heterocycles. The number of rotatable bonds is 6. The van der Waals surface area contributed by atoms with Crippen LogP contribution in [0.1, 0.15) is 25.3 Å². The lowest BCUT2D eigenvalue weighted by Crippen LogP contribution is -2.44. The Morgan fingerprint density at radius 3 is 2.58 bits per heavy atom. The molecule has 0 bridgehead atoms. The van der Waals surface area contributed by atoms with Gasteiger partial charge in [0.25, 0.3) is 0 Å². The van der Waals surface area contributed by atoms with E-state index in [4.69, 9.17) is 23.2 Å². The molecule has 0 radical (unpaired) electrons. The molecule has 1 aliphatic rings. The Balaban J connectivity index is 1.33. The van der Waals surface area contributed by atoms with E-state index in [0.717, 1.165) is 28.4 Å². The summed E-state index contributed by atoms with van der Waals surface area (Å²) in [5.41, 5.74) is 3.48. The normalized spacial score (nSPS) is 17.0. The van der Waals surface area contributed by atoms with Gasteiger partial charge in [0.2, 0.25) is 15.9 Å². The first-order valence-electron chi connectivity index (χ1n) is 12.0. The molecule has 1 aliphatic heterocycles. The van der Waals surface area contributed by atoms with Gasteiger partial charge >= 0.3 is 0 Å². The van der Waals surface area contributed by atoms with Gasteiger partial charge in [-0.15, -0.1) is 0 Å². The summed E-state index contributed by atoms with van der Waals surface area (Å²) in [6.45, 7) is 3.51. The number of aromatic nitrogens is 1. The zero-order valence-corrected chi connectivity index (χ0v) is 22.2. The minimum absolute atomic E-state index is 0.150. The van der Waals surface area contributed by atoms with Crippen LogP contribution in [0.4, 0.5) is 5.69 Å². The van der Waals surface area contributed by atoms with Crippen molar-refractivity contribution in [1.29, 1.82) is 0 Å². The van der Waals surface area contributed by atoms with Crippen molar-refractivity contribution in [3.05, 3.63) is 76.3 Å². The second-order valence-corrected chi connectivity index (χ2v) is 12.0. The second-order valence-electron chi connectivity index (χ2n) is 9.17. The number of para-hydroxylation sites is 1. The van der Waals surface area contributed by atoms with E-state index in [1.807, 2.05) is 30.3 Å². The summed E-state index contributed by atoms with van der Waals surface area (Å²) in [5, 5.41) is 6.02. The van der Waals surface area contributed by atoms with E-state index in [-0.39, 0.29) is 18.2 Å². The molecular weight excluding hydrogens is 517 g/mol. The van der Waals surface area contributed by atoms with E-state index in [1.54, 1.807) is 12.1 Å². The number of carbonyl (C=O) groups is 1. The number of benzene rings is 3. The fourth-order valence-electron chi connectivity index (χ4n) is 5.05. The number of amides is 1. The molecule has 1 fully saturated rings. The third kappa shape index (κ3) is 4.85. The van der Waals surface area contributed by atoms with Crippen molar-refractivity contribution in [3.63, 3.8) is 0 Å². The monoisotopic (exact) mass is 543 g/mol. The Labute approximate surface area is 220 Å². The molecule has 1 atom stereocenters. The summed E-state index contributed by atoms with van der Waals surface area (Å²) in [6.07, 6.45) is 1.26. The van der Waals surface area contributed by atoms with Gasteiger partial charge in [0.1, 0.15) is 0 Å². The van der Waals surface area contributed by atoms with Gasteiger partial charge in [-0.05, 0) is 61.7 Å². The molecular formula is C27H27Cl2N3O3S. The molecule has 1 amide bonds. The maximum Gasteiger partial charge on any atom is 0.228 e. The SMILES string of the molecule is CCn1c2ccccc2c2cc(NC(=O)[C@@H]3CCCN(S(=O)(=O)Cc4ccc(Cl)cc4Cl)C3)ccc21. The fraction of sp³-hybridized carbons (Fsp3) is 0.296. The first-order chi connectivity index (χ1) is 17.3. The van der Waals surface area contributed by atoms with E-state index < -0.39 is 15.9 Å². The Bertz CT molecular complexity index is 1570. The van der Waals surface area contributed by atoms with Crippen LogP contribution in [0.3, 0.4) is 0 Å². The van der Waals surface area contributed by atoms with Crippen LogP contribution >= 0.6 is 23.2 Å². The van der Waals surface area contributed by atoms with Crippen molar-refractivity contribution in [1.82, 2.24) is 8.87 Å². The van der Waals surface area contributed by atoms with E-state index >= 15 is 0 Å². The quantitative estimate of drug-likeness (QED) is 0.310. The van der Waals surface area contributed by atoms with E-state index in [0.29, 0.717) is 40.7 Å². The van der Waals surface area contributed by atoms with Crippen LogP contribution in [0, 0.1) is 5.92 Å². The predicted molar refractivity (Wildman–Crippen MR) is 147 cm³/mol. The fourth-order valence-corrected chi connectivity index (χ4v) is 7.25. The third-order valence-electron chi connectivity index (χ3n) is 6.86. The number of nitrogens with one attached hydrogen (secondary N) is 1. The van der Waals surface area contributed by atoms with Gasteiger partial charge in [-0.1, -0.05) is 47.5 Å². The van der Waals surface area contributed by atoms with Crippen LogP contribution in [0.25, 0.3) is 21.8 Å². The molecule has 6 nitrogen and oxygen atoms in total. The van der Waals surface area contributed by atoms with Crippen molar-refractivity contribution in [2.75, 3.05) is 18.4 Å². The molecule has 0 saturated carbocycles. The number of halogens is 2. The molecule has 0 aliphatic carbocycles. The number of hydrogen-bond acceptors (Lipinski definition) is 3. The molecule has 0 spiro atoms. The Kier molecular flexibility index (Phi) is 7.01. The lowest BCUT2D eigenvalue weighted by Gasteiger charge is -2.31. The van der Waals surface area contributed by atoms with Gasteiger partial charge < -0.3 is 9.88 Å². The molecule has 2 heterocycles. The summed E-state index contributed by atoms with van der Waals surface area (Å²) in [4.78, 5) is 13.2. The van der Waals surface area contributed by atoms with Gasteiger partial charge in [0.05, 0.1) is 11.7 Å². The number of anilines is 1. The van der Waals surface area contributed by atoms with Crippen LogP contribution in [-0.2, 0) is 27.1 Å². The number of sulfonamides is 1. The molecule has 5 rings (SSSR count). The van der Waals surface area contributed by atoms with Crippen molar-refractivity contribution < 1.29 is 13.2 Å². The highest BCUT2D eigenvalue weighted by Gasteiger charge is 2.33. The van der Waals surface area contributed by atoms with Gasteiger partial charge in [0.15, 0.2) is 0 Å². The van der Waals surface area contributed by atoms with Crippen LogP contribution in [0.15, 0.2) is 60.7 Å². The van der Waals surface area contributed by atoms with Gasteiger partial charge in [0, 0.05) is 57.2 Å². The van der Waals surface area contributed by atoms with E-state index in [1.165, 1.54) is 10.4 Å². The topological polar surface area (TPSA) is 71.4 Å². The van der Waals surface area contributed by atoms with Crippen molar-refractivity contribution in [3.8, 4) is 0 Å². The summed E-state index contributed by atoms with van der Waals surface area (Å²) < 4.78 is 29.9. The third-order valence-corrected chi connectivity index (χ3v) is 9.24. The van der Waals surface area contributed by atoms with Crippen LogP contribution in [0.5, 0.6) is 0 Å². The maximum atomic E-state index is 13.2. The average molecular weight is 545 g/mol. The lowest BCUT2D eigenvalue weighted by atomic mass is 9.98. The molecule has 1 N–H and O–H groups in total. The second kappa shape index (κ2) is 10.1. The van der Waals surface area contributed by atoms with Crippen molar-refractivity contribution >= 4 is 66.6 Å². The average Bonchev–Trinajstić information content (AvgIpc) is 3.19. The minimum Gasteiger partial charge on any atom is -0.341 e. The molecule has 0 unspecified atom stereocenters. The molecule has 3 aromatic carbocycles. The molecule has 188 valence electrons. The predicted octanol–water partition coefficient (Wildman–Crippen LogP) is 6.30. The van der Waals surface area contributed by atoms with Crippen LogP contribution in [0.2, 0.25) is 10.0 Å². The Hall–Kier alpha value is -2.58. The lowest BCUT2D eigenvalue weighted by molar-refractivity contribution is -0.120. The molecule has 36 heavy (non-hydrogen) atoms. The van der Waals surface area contributed by atoms with E-state index in [2.05, 4.69) is 28.9 Å². The minimum atomic E-state index is -3.64. The Morgan fingerprint density at radius 1 is 1.03 bits per heavy atom. The number of piperidine rings is 1. The first-order valence-corrected chi connectivity index (χ1v) is 14.4. The number of carbonyl (C=O) groups excluding carboxylic acids is 1. The number of aryl methyl sites for hydroxylation is 1. The van der Waals surface area contributed by atoms with Crippen LogP contribution < -0.4 is 5.32 Å². The first kappa shape index (κ1) is 25.1. The highest BCUT2D eigenvalue weighted by atomic mass is 35.5. The summed E-state index contributed by atoms with van der Waals surface area (Å²) in [5.74, 6) is -0.824. The largest absolute Gasteiger partial charge is 0.341 e. The molecule has 1 saturated heterocycles. The van der Waals surface area contributed by atoms with Gasteiger partial charge in [-0.3, -0.25) is 4.79 Å². The summed E-state index contributed by atoms with van der Waals surface area (Å²) >= 11 is 12.1. The highest BCUT2D eigenvalue weighted by Crippen LogP contribution is 2.32. The number of hydrogen-bond donors (Lipinski definition) is 1. The maximum absolute atomic E-state index is 13.2. The summed E-state index contributed by atoms with van der Waals surface area (Å²) in [6, 6.07) is 19.0. The zero-order chi connectivity index (χ0) is 25.4. The zero-order valence-electron chi connectivity index (χ0n) is 19.9. The summed E-state index contributed by atoms with van der Waals surface area (Å²) in [7, 11) is -3.64.